The number of carboxylic acids is 1. The third-order valence-corrected chi connectivity index (χ3v) is 4.18. The molecule has 1 aromatic rings. The van der Waals surface area contributed by atoms with E-state index >= 15 is 0 Å². The smallest absolute Gasteiger partial charge is 0.303 e. The lowest BCUT2D eigenvalue weighted by atomic mass is 9.97. The molecule has 1 N–H and O–H groups in total. The Bertz CT molecular complexity index is 404. The highest BCUT2D eigenvalue weighted by Crippen LogP contribution is 2.33. The van der Waals surface area contributed by atoms with Gasteiger partial charge in [-0.25, -0.2) is 0 Å². The number of hydrogen-bond acceptors (Lipinski definition) is 2. The van der Waals surface area contributed by atoms with Crippen LogP contribution >= 0.6 is 0 Å². The van der Waals surface area contributed by atoms with Crippen molar-refractivity contribution < 1.29 is 9.90 Å². The van der Waals surface area contributed by atoms with Crippen molar-refractivity contribution in [2.45, 2.75) is 38.8 Å². The summed E-state index contributed by atoms with van der Waals surface area (Å²) in [6.45, 7) is 5.35. The fourth-order valence-electron chi connectivity index (χ4n) is 3.00. The Balaban J connectivity index is 2.05. The van der Waals surface area contributed by atoms with Gasteiger partial charge in [0.15, 0.2) is 0 Å². The second kappa shape index (κ2) is 5.53. The number of aliphatic carboxylic acids is 1. The Labute approximate surface area is 108 Å². The fraction of sp³-hybridized carbons (Fsp3) is 0.533. The first-order chi connectivity index (χ1) is 8.59. The van der Waals surface area contributed by atoms with Gasteiger partial charge in [-0.3, -0.25) is 9.69 Å². The van der Waals surface area contributed by atoms with E-state index in [1.807, 2.05) is 6.07 Å². The Morgan fingerprint density at radius 3 is 2.72 bits per heavy atom. The van der Waals surface area contributed by atoms with Gasteiger partial charge in [-0.15, -0.1) is 0 Å². The van der Waals surface area contributed by atoms with E-state index in [9.17, 15) is 4.79 Å². The van der Waals surface area contributed by atoms with E-state index in [-0.39, 0.29) is 5.92 Å². The normalized spacial score (nSPS) is 26.1. The van der Waals surface area contributed by atoms with Crippen molar-refractivity contribution in [1.82, 2.24) is 4.90 Å². The highest BCUT2D eigenvalue weighted by Gasteiger charge is 2.34. The zero-order valence-corrected chi connectivity index (χ0v) is 11.0. The topological polar surface area (TPSA) is 40.5 Å². The molecule has 98 valence electrons. The van der Waals surface area contributed by atoms with Gasteiger partial charge in [0.1, 0.15) is 0 Å². The van der Waals surface area contributed by atoms with Gasteiger partial charge in [-0.2, -0.15) is 0 Å². The molecule has 1 aliphatic rings. The highest BCUT2D eigenvalue weighted by molar-refractivity contribution is 5.67. The molecular formula is C15H21NO2. The molecule has 0 saturated carbocycles. The Morgan fingerprint density at radius 2 is 2.11 bits per heavy atom. The second-order valence-electron chi connectivity index (χ2n) is 5.21. The molecule has 3 atom stereocenters. The van der Waals surface area contributed by atoms with E-state index < -0.39 is 5.97 Å². The van der Waals surface area contributed by atoms with Crippen LogP contribution in [0.2, 0.25) is 0 Å². The molecule has 0 aliphatic carbocycles. The average Bonchev–Trinajstić information content (AvgIpc) is 2.71. The monoisotopic (exact) mass is 247 g/mol. The summed E-state index contributed by atoms with van der Waals surface area (Å²) in [5, 5.41) is 8.92. The standard InChI is InChI=1S/C15H21NO2/c1-11(13-6-4-3-5-7-13)16-9-8-14(12(16)2)10-15(17)18/h3-7,11-12,14H,8-10H2,1-2H3,(H,17,18)/t11-,12?,14+/m0/s1. The van der Waals surface area contributed by atoms with Crippen LogP contribution in [-0.2, 0) is 4.79 Å². The molecule has 3 nitrogen and oxygen atoms in total. The third kappa shape index (κ3) is 2.72. The van der Waals surface area contributed by atoms with Crippen molar-refractivity contribution >= 4 is 5.97 Å². The van der Waals surface area contributed by atoms with Crippen LogP contribution in [0.15, 0.2) is 30.3 Å². The molecule has 1 fully saturated rings. The molecule has 1 heterocycles. The molecule has 2 rings (SSSR count). The zero-order valence-electron chi connectivity index (χ0n) is 11.0. The Morgan fingerprint density at radius 1 is 1.44 bits per heavy atom. The molecule has 0 spiro atoms. The number of benzene rings is 1. The van der Waals surface area contributed by atoms with Crippen LogP contribution in [0.5, 0.6) is 0 Å². The molecule has 1 saturated heterocycles. The van der Waals surface area contributed by atoms with E-state index in [2.05, 4.69) is 43.0 Å². The van der Waals surface area contributed by atoms with Crippen molar-refractivity contribution in [1.29, 1.82) is 0 Å². The lowest BCUT2D eigenvalue weighted by Crippen LogP contribution is -2.33. The van der Waals surface area contributed by atoms with Crippen molar-refractivity contribution in [2.75, 3.05) is 6.54 Å². The van der Waals surface area contributed by atoms with E-state index in [1.54, 1.807) is 0 Å². The van der Waals surface area contributed by atoms with Crippen molar-refractivity contribution in [3.8, 4) is 0 Å². The lowest BCUT2D eigenvalue weighted by molar-refractivity contribution is -0.138. The number of nitrogens with zero attached hydrogens (tertiary/aromatic N) is 1. The van der Waals surface area contributed by atoms with Gasteiger partial charge in [0.25, 0.3) is 0 Å². The predicted molar refractivity (Wildman–Crippen MR) is 71.4 cm³/mol. The van der Waals surface area contributed by atoms with Gasteiger partial charge >= 0.3 is 5.97 Å². The Hall–Kier alpha value is -1.35. The number of likely N-dealkylation sites (tertiary alicyclic amines) is 1. The second-order valence-corrected chi connectivity index (χ2v) is 5.21. The maximum Gasteiger partial charge on any atom is 0.303 e. The number of hydrogen-bond donors (Lipinski definition) is 1. The molecule has 0 amide bonds. The number of rotatable bonds is 4. The van der Waals surface area contributed by atoms with Crippen molar-refractivity contribution in [2.24, 2.45) is 5.92 Å². The summed E-state index contributed by atoms with van der Waals surface area (Å²) in [6, 6.07) is 11.1. The van der Waals surface area contributed by atoms with Crippen LogP contribution < -0.4 is 0 Å². The van der Waals surface area contributed by atoms with Crippen LogP contribution in [0.3, 0.4) is 0 Å². The van der Waals surface area contributed by atoms with Crippen LogP contribution in [-0.4, -0.2) is 28.6 Å². The molecule has 3 heteroatoms. The minimum absolute atomic E-state index is 0.286. The van der Waals surface area contributed by atoms with E-state index in [0.29, 0.717) is 18.5 Å². The predicted octanol–water partition coefficient (Wildman–Crippen LogP) is 2.93. The van der Waals surface area contributed by atoms with Gasteiger partial charge < -0.3 is 5.11 Å². The van der Waals surface area contributed by atoms with Crippen LogP contribution in [0.1, 0.15) is 38.3 Å². The van der Waals surface area contributed by atoms with Crippen molar-refractivity contribution in [3.63, 3.8) is 0 Å². The minimum Gasteiger partial charge on any atom is -0.481 e. The molecule has 0 bridgehead atoms. The molecule has 1 aromatic carbocycles. The first-order valence-corrected chi connectivity index (χ1v) is 6.62. The Kier molecular flexibility index (Phi) is 4.02. The first-order valence-electron chi connectivity index (χ1n) is 6.62. The molecule has 18 heavy (non-hydrogen) atoms. The first kappa shape index (κ1) is 13.1. The summed E-state index contributed by atoms with van der Waals surface area (Å²) in [5.74, 6) is -0.394. The van der Waals surface area contributed by atoms with E-state index in [1.165, 1.54) is 5.56 Å². The molecule has 0 radical (unpaired) electrons. The summed E-state index contributed by atoms with van der Waals surface area (Å²) in [7, 11) is 0. The SMILES string of the molecule is CC1[C@@H](CC(=O)O)CCN1[C@@H](C)c1ccccc1. The van der Waals surface area contributed by atoms with Crippen molar-refractivity contribution in [3.05, 3.63) is 35.9 Å². The molecule has 1 aliphatic heterocycles. The van der Waals surface area contributed by atoms with Gasteiger partial charge in [0, 0.05) is 18.5 Å². The maximum atomic E-state index is 10.8. The highest BCUT2D eigenvalue weighted by atomic mass is 16.4. The number of carbonyl (C=O) groups is 1. The van der Waals surface area contributed by atoms with Crippen LogP contribution in [0.4, 0.5) is 0 Å². The molecule has 0 aromatic heterocycles. The van der Waals surface area contributed by atoms with E-state index in [4.69, 9.17) is 5.11 Å². The summed E-state index contributed by atoms with van der Waals surface area (Å²) < 4.78 is 0. The summed E-state index contributed by atoms with van der Waals surface area (Å²) in [6.07, 6.45) is 1.28. The average molecular weight is 247 g/mol. The fourth-order valence-corrected chi connectivity index (χ4v) is 3.00. The minimum atomic E-state index is -0.680. The van der Waals surface area contributed by atoms with Crippen LogP contribution in [0, 0.1) is 5.92 Å². The molecular weight excluding hydrogens is 226 g/mol. The van der Waals surface area contributed by atoms with Gasteiger partial charge in [0.2, 0.25) is 0 Å². The van der Waals surface area contributed by atoms with Gasteiger partial charge in [-0.1, -0.05) is 30.3 Å². The maximum absolute atomic E-state index is 10.8. The zero-order chi connectivity index (χ0) is 13.1. The summed E-state index contributed by atoms with van der Waals surface area (Å²) >= 11 is 0. The van der Waals surface area contributed by atoms with Gasteiger partial charge in [0.05, 0.1) is 0 Å². The largest absolute Gasteiger partial charge is 0.481 e. The lowest BCUT2D eigenvalue weighted by Gasteiger charge is -2.30. The number of carboxylic acid groups (broad SMARTS) is 1. The summed E-state index contributed by atoms with van der Waals surface area (Å²) in [4.78, 5) is 13.2. The third-order valence-electron chi connectivity index (χ3n) is 4.18. The van der Waals surface area contributed by atoms with E-state index in [0.717, 1.165) is 13.0 Å². The quantitative estimate of drug-likeness (QED) is 0.889. The van der Waals surface area contributed by atoms with Gasteiger partial charge in [-0.05, 0) is 38.3 Å². The molecule has 1 unspecified atom stereocenters. The summed E-state index contributed by atoms with van der Waals surface area (Å²) in [5.41, 5.74) is 1.31. The van der Waals surface area contributed by atoms with Crippen LogP contribution in [0.25, 0.3) is 0 Å².